The lowest BCUT2D eigenvalue weighted by atomic mass is 10.2. The molecule has 0 aliphatic heterocycles. The molecular formula is C17H18N4O2S. The van der Waals surface area contributed by atoms with Gasteiger partial charge in [-0.2, -0.15) is 0 Å². The fourth-order valence-corrected chi connectivity index (χ4v) is 2.88. The predicted octanol–water partition coefficient (Wildman–Crippen LogP) is 3.31. The van der Waals surface area contributed by atoms with Crippen LogP contribution in [0.1, 0.15) is 11.4 Å². The number of nitrogens with zero attached hydrogens (tertiary/aromatic N) is 2. The minimum Gasteiger partial charge on any atom is -0.497 e. The Hall–Kier alpha value is -2.67. The Morgan fingerprint density at radius 2 is 2.17 bits per heavy atom. The normalized spacial score (nSPS) is 11.6. The van der Waals surface area contributed by atoms with Crippen molar-refractivity contribution in [3.05, 3.63) is 59.1 Å². The summed E-state index contributed by atoms with van der Waals surface area (Å²) in [6, 6.07) is 11.7. The lowest BCUT2D eigenvalue weighted by molar-refractivity contribution is 0.414. The molecule has 0 atom stereocenters. The molecule has 6 nitrogen and oxygen atoms in total. The molecule has 0 saturated heterocycles. The van der Waals surface area contributed by atoms with E-state index in [1.54, 1.807) is 37.3 Å². The third-order valence-electron chi connectivity index (χ3n) is 3.34. The topological polar surface area (TPSA) is 90.0 Å². The van der Waals surface area contributed by atoms with Crippen molar-refractivity contribution in [1.29, 1.82) is 0 Å². The van der Waals surface area contributed by atoms with E-state index in [2.05, 4.69) is 27.3 Å². The van der Waals surface area contributed by atoms with Crippen LogP contribution in [0.5, 0.6) is 5.75 Å². The monoisotopic (exact) mass is 342 g/mol. The second-order valence-corrected chi connectivity index (χ2v) is 6.18. The summed E-state index contributed by atoms with van der Waals surface area (Å²) in [7, 11) is 1.66. The molecule has 0 spiro atoms. The minimum atomic E-state index is 0.516. The van der Waals surface area contributed by atoms with Gasteiger partial charge in [0.15, 0.2) is 11.6 Å². The molecule has 0 unspecified atom stereocenters. The SMILES string of the molecule is COc1ccc(CCS/C(N)=C/c2nc(-c3ccco3)n[nH]2)cc1. The average Bonchev–Trinajstić information content (AvgIpc) is 3.27. The maximum Gasteiger partial charge on any atom is 0.217 e. The van der Waals surface area contributed by atoms with Crippen LogP contribution >= 0.6 is 11.8 Å². The first-order valence-electron chi connectivity index (χ1n) is 7.44. The van der Waals surface area contributed by atoms with Gasteiger partial charge in [0.2, 0.25) is 5.82 Å². The van der Waals surface area contributed by atoms with E-state index in [1.165, 1.54) is 5.56 Å². The average molecular weight is 342 g/mol. The zero-order chi connectivity index (χ0) is 16.8. The quantitative estimate of drug-likeness (QED) is 0.685. The third kappa shape index (κ3) is 4.20. The molecule has 24 heavy (non-hydrogen) atoms. The zero-order valence-electron chi connectivity index (χ0n) is 13.2. The summed E-state index contributed by atoms with van der Waals surface area (Å²) in [6.45, 7) is 0. The van der Waals surface area contributed by atoms with Gasteiger partial charge in [-0.3, -0.25) is 5.10 Å². The summed E-state index contributed by atoms with van der Waals surface area (Å²) in [5.74, 6) is 3.49. The molecule has 2 aromatic heterocycles. The number of methoxy groups -OCH3 is 1. The van der Waals surface area contributed by atoms with Crippen molar-refractivity contribution in [2.75, 3.05) is 12.9 Å². The molecule has 7 heteroatoms. The summed E-state index contributed by atoms with van der Waals surface area (Å²) >= 11 is 1.58. The van der Waals surface area contributed by atoms with E-state index >= 15 is 0 Å². The summed E-state index contributed by atoms with van der Waals surface area (Å²) in [4.78, 5) is 4.33. The van der Waals surface area contributed by atoms with Gasteiger partial charge >= 0.3 is 0 Å². The van der Waals surface area contributed by atoms with Crippen molar-refractivity contribution in [3.8, 4) is 17.3 Å². The standard InChI is InChI=1S/C17H18N4O2S/c1-22-13-6-4-12(5-7-13)8-10-24-15(18)11-16-19-17(21-20-16)14-3-2-9-23-14/h2-7,9,11H,8,10,18H2,1H3,(H,19,20,21)/b15-11+. The van der Waals surface area contributed by atoms with Crippen LogP contribution in [-0.4, -0.2) is 28.0 Å². The van der Waals surface area contributed by atoms with Crippen LogP contribution in [0, 0.1) is 0 Å². The molecule has 2 heterocycles. The number of aromatic nitrogens is 3. The Kier molecular flexibility index (Phi) is 5.22. The maximum atomic E-state index is 6.04. The number of hydrogen-bond donors (Lipinski definition) is 2. The molecule has 3 rings (SSSR count). The number of hydrogen-bond acceptors (Lipinski definition) is 6. The summed E-state index contributed by atoms with van der Waals surface area (Å²) < 4.78 is 10.4. The molecule has 0 saturated carbocycles. The van der Waals surface area contributed by atoms with E-state index in [9.17, 15) is 0 Å². The number of nitrogens with two attached hydrogens (primary N) is 1. The first kappa shape index (κ1) is 16.2. The molecule has 124 valence electrons. The van der Waals surface area contributed by atoms with Crippen molar-refractivity contribution in [1.82, 2.24) is 15.2 Å². The molecule has 3 N–H and O–H groups in total. The number of ether oxygens (including phenoxy) is 1. The van der Waals surface area contributed by atoms with Gasteiger partial charge in [0.25, 0.3) is 0 Å². The van der Waals surface area contributed by atoms with E-state index in [0.29, 0.717) is 22.4 Å². The van der Waals surface area contributed by atoms with Crippen LogP contribution < -0.4 is 10.5 Å². The number of benzene rings is 1. The van der Waals surface area contributed by atoms with E-state index < -0.39 is 0 Å². The van der Waals surface area contributed by atoms with Crippen molar-refractivity contribution in [2.24, 2.45) is 5.73 Å². The number of aryl methyl sites for hydroxylation is 1. The van der Waals surface area contributed by atoms with Gasteiger partial charge in [0.05, 0.1) is 18.4 Å². The lowest BCUT2D eigenvalue weighted by Gasteiger charge is -2.03. The zero-order valence-corrected chi connectivity index (χ0v) is 14.0. The second-order valence-electron chi connectivity index (χ2n) is 5.01. The highest BCUT2D eigenvalue weighted by Gasteiger charge is 2.07. The van der Waals surface area contributed by atoms with Crippen molar-refractivity contribution < 1.29 is 9.15 Å². The van der Waals surface area contributed by atoms with Gasteiger partial charge in [0, 0.05) is 11.8 Å². The Bertz CT molecular complexity index is 794. The largest absolute Gasteiger partial charge is 0.497 e. The van der Waals surface area contributed by atoms with E-state index in [-0.39, 0.29) is 0 Å². The highest BCUT2D eigenvalue weighted by molar-refractivity contribution is 8.03. The predicted molar refractivity (Wildman–Crippen MR) is 95.4 cm³/mol. The molecule has 0 aliphatic rings. The number of H-pyrrole nitrogens is 1. The number of thioether (sulfide) groups is 1. The van der Waals surface area contributed by atoms with Gasteiger partial charge in [-0.05, 0) is 36.2 Å². The third-order valence-corrected chi connectivity index (χ3v) is 4.20. The molecule has 0 aliphatic carbocycles. The highest BCUT2D eigenvalue weighted by Crippen LogP contribution is 2.18. The minimum absolute atomic E-state index is 0.516. The first-order chi connectivity index (χ1) is 11.7. The van der Waals surface area contributed by atoms with Gasteiger partial charge in [-0.15, -0.1) is 16.9 Å². The smallest absolute Gasteiger partial charge is 0.217 e. The summed E-state index contributed by atoms with van der Waals surface area (Å²) in [5, 5.41) is 7.63. The summed E-state index contributed by atoms with van der Waals surface area (Å²) in [5.41, 5.74) is 7.28. The summed E-state index contributed by atoms with van der Waals surface area (Å²) in [6.07, 6.45) is 4.29. The molecule has 3 aromatic rings. The Morgan fingerprint density at radius 1 is 1.33 bits per heavy atom. The van der Waals surface area contributed by atoms with Crippen LogP contribution in [0.15, 0.2) is 52.1 Å². The molecule has 1 aromatic carbocycles. The van der Waals surface area contributed by atoms with Crippen LogP contribution in [0.25, 0.3) is 17.7 Å². The van der Waals surface area contributed by atoms with Crippen molar-refractivity contribution in [3.63, 3.8) is 0 Å². The molecule has 0 bridgehead atoms. The second kappa shape index (κ2) is 7.74. The van der Waals surface area contributed by atoms with Crippen LogP contribution in [-0.2, 0) is 6.42 Å². The lowest BCUT2D eigenvalue weighted by Crippen LogP contribution is -1.96. The van der Waals surface area contributed by atoms with Crippen LogP contribution in [0.2, 0.25) is 0 Å². The van der Waals surface area contributed by atoms with Crippen molar-refractivity contribution in [2.45, 2.75) is 6.42 Å². The van der Waals surface area contributed by atoms with Gasteiger partial charge in [-0.25, -0.2) is 4.98 Å². The van der Waals surface area contributed by atoms with E-state index in [4.69, 9.17) is 14.9 Å². The first-order valence-corrected chi connectivity index (χ1v) is 8.42. The molecule has 0 fully saturated rings. The van der Waals surface area contributed by atoms with Crippen LogP contribution in [0.3, 0.4) is 0 Å². The van der Waals surface area contributed by atoms with Crippen LogP contribution in [0.4, 0.5) is 0 Å². The Labute approximate surface area is 144 Å². The number of nitrogens with one attached hydrogen (secondary N) is 1. The Balaban J connectivity index is 1.52. The van der Waals surface area contributed by atoms with E-state index in [0.717, 1.165) is 17.9 Å². The van der Waals surface area contributed by atoms with Gasteiger partial charge in [0.1, 0.15) is 5.75 Å². The fraction of sp³-hybridized carbons (Fsp3) is 0.176. The molecule has 0 amide bonds. The molecule has 0 radical (unpaired) electrons. The number of aromatic amines is 1. The van der Waals surface area contributed by atoms with Gasteiger partial charge < -0.3 is 14.9 Å². The number of rotatable bonds is 7. The fourth-order valence-electron chi connectivity index (χ4n) is 2.11. The van der Waals surface area contributed by atoms with Gasteiger partial charge in [-0.1, -0.05) is 12.1 Å². The highest BCUT2D eigenvalue weighted by atomic mass is 32.2. The molecular weight excluding hydrogens is 324 g/mol. The Morgan fingerprint density at radius 3 is 2.88 bits per heavy atom. The van der Waals surface area contributed by atoms with Crippen molar-refractivity contribution >= 4 is 17.8 Å². The maximum absolute atomic E-state index is 6.04. The number of furan rings is 1. The van der Waals surface area contributed by atoms with E-state index in [1.807, 2.05) is 18.2 Å².